The number of hydrogen-bond donors (Lipinski definition) is 1. The molecule has 2 heteroatoms. The molecule has 0 aliphatic rings. The molecule has 126 valence electrons. The number of benzene rings is 3. The molecule has 0 saturated carbocycles. The van der Waals surface area contributed by atoms with E-state index in [9.17, 15) is 5.11 Å². The molecule has 0 bridgehead atoms. The quantitative estimate of drug-likeness (QED) is 0.428. The van der Waals surface area contributed by atoms with Crippen LogP contribution >= 0.6 is 0 Å². The van der Waals surface area contributed by atoms with Crippen molar-refractivity contribution >= 4 is 23.6 Å². The lowest BCUT2D eigenvalue weighted by atomic mass is 10.3. The summed E-state index contributed by atoms with van der Waals surface area (Å²) in [5.74, 6) is 0. The van der Waals surface area contributed by atoms with Gasteiger partial charge >= 0.3 is 0 Å². The van der Waals surface area contributed by atoms with E-state index in [-0.39, 0.29) is 0 Å². The minimum atomic E-state index is -2.61. The third kappa shape index (κ3) is 3.36. The van der Waals surface area contributed by atoms with Crippen LogP contribution in [0.2, 0.25) is 0 Å². The van der Waals surface area contributed by atoms with Gasteiger partial charge in [0.15, 0.2) is 8.07 Å². The number of aliphatic hydroxyl groups is 1. The maximum absolute atomic E-state index is 11.5. The van der Waals surface area contributed by atoms with E-state index in [0.29, 0.717) is 0 Å². The third-order valence-electron chi connectivity index (χ3n) is 4.62. The first kappa shape index (κ1) is 17.4. The molecule has 0 heterocycles. The Balaban J connectivity index is 2.38. The molecule has 3 aromatic carbocycles. The van der Waals surface area contributed by atoms with Crippen LogP contribution in [-0.4, -0.2) is 18.9 Å². The minimum Gasteiger partial charge on any atom is -0.391 e. The van der Waals surface area contributed by atoms with Crippen molar-refractivity contribution in [2.75, 3.05) is 0 Å². The van der Waals surface area contributed by atoms with Crippen LogP contribution in [0.1, 0.15) is 13.8 Å². The molecule has 1 N–H and O–H groups in total. The second-order valence-corrected chi connectivity index (χ2v) is 10.5. The molecule has 0 radical (unpaired) electrons. The molecular formula is C23H24OSi. The zero-order chi connectivity index (χ0) is 17.7. The van der Waals surface area contributed by atoms with E-state index in [2.05, 4.69) is 72.8 Å². The van der Waals surface area contributed by atoms with Crippen LogP contribution in [0.3, 0.4) is 0 Å². The van der Waals surface area contributed by atoms with Crippen molar-refractivity contribution in [3.63, 3.8) is 0 Å². The molecule has 1 nitrogen and oxygen atoms in total. The van der Waals surface area contributed by atoms with Gasteiger partial charge in [0.05, 0.1) is 5.73 Å². The molecule has 0 unspecified atom stereocenters. The molecule has 3 aromatic rings. The van der Waals surface area contributed by atoms with E-state index >= 15 is 0 Å². The SMILES string of the molecule is CC(C)=C[C@H](O)[Si](c1ccccc1)(c1ccccc1)c1ccccc1. The van der Waals surface area contributed by atoms with Gasteiger partial charge in [0, 0.05) is 0 Å². The van der Waals surface area contributed by atoms with Crippen LogP contribution in [0.25, 0.3) is 0 Å². The van der Waals surface area contributed by atoms with Crippen molar-refractivity contribution in [1.29, 1.82) is 0 Å². The van der Waals surface area contributed by atoms with Crippen molar-refractivity contribution < 1.29 is 5.11 Å². The summed E-state index contributed by atoms with van der Waals surface area (Å²) in [7, 11) is -2.61. The Morgan fingerprint density at radius 1 is 0.680 bits per heavy atom. The first-order valence-electron chi connectivity index (χ1n) is 8.65. The van der Waals surface area contributed by atoms with Gasteiger partial charge in [0.25, 0.3) is 0 Å². The Hall–Kier alpha value is -2.42. The van der Waals surface area contributed by atoms with Gasteiger partial charge in [-0.15, -0.1) is 0 Å². The van der Waals surface area contributed by atoms with Crippen LogP contribution in [0.15, 0.2) is 103 Å². The molecule has 0 fully saturated rings. The third-order valence-corrected chi connectivity index (χ3v) is 9.41. The fraction of sp³-hybridized carbons (Fsp3) is 0.130. The number of rotatable bonds is 5. The fourth-order valence-electron chi connectivity index (χ4n) is 3.56. The lowest BCUT2D eigenvalue weighted by molar-refractivity contribution is 0.294. The van der Waals surface area contributed by atoms with Gasteiger partial charge in [-0.05, 0) is 29.4 Å². The number of hydrogen-bond acceptors (Lipinski definition) is 1. The predicted octanol–water partition coefficient (Wildman–Crippen LogP) is 3.02. The van der Waals surface area contributed by atoms with E-state index in [1.54, 1.807) is 0 Å². The van der Waals surface area contributed by atoms with E-state index in [0.717, 1.165) is 5.57 Å². The van der Waals surface area contributed by atoms with Gasteiger partial charge < -0.3 is 5.11 Å². The summed E-state index contributed by atoms with van der Waals surface area (Å²) in [6.07, 6.45) is 2.01. The van der Waals surface area contributed by atoms with Gasteiger partial charge in [0.2, 0.25) is 0 Å². The highest BCUT2D eigenvalue weighted by Crippen LogP contribution is 2.15. The fourth-order valence-corrected chi connectivity index (χ4v) is 8.32. The van der Waals surface area contributed by atoms with Gasteiger partial charge in [0.1, 0.15) is 0 Å². The summed E-state index contributed by atoms with van der Waals surface area (Å²) in [6, 6.07) is 31.5. The first-order chi connectivity index (χ1) is 12.2. The van der Waals surface area contributed by atoms with Crippen LogP contribution in [-0.2, 0) is 0 Å². The maximum atomic E-state index is 11.5. The zero-order valence-corrected chi connectivity index (χ0v) is 15.8. The Kier molecular flexibility index (Phi) is 5.32. The molecule has 1 atom stereocenters. The molecule has 0 aliphatic heterocycles. The Morgan fingerprint density at radius 2 is 1.00 bits per heavy atom. The summed E-state index contributed by atoms with van der Waals surface area (Å²) >= 11 is 0. The average molecular weight is 345 g/mol. The minimum absolute atomic E-state index is 0.537. The smallest absolute Gasteiger partial charge is 0.183 e. The average Bonchev–Trinajstić information content (AvgIpc) is 2.64. The Labute approximate surface area is 151 Å². The summed E-state index contributed by atoms with van der Waals surface area (Å²) in [5, 5.41) is 15.1. The molecule has 3 rings (SSSR count). The molecule has 0 spiro atoms. The Morgan fingerprint density at radius 3 is 1.28 bits per heavy atom. The van der Waals surface area contributed by atoms with Crippen LogP contribution < -0.4 is 15.6 Å². The van der Waals surface area contributed by atoms with Crippen LogP contribution in [0, 0.1) is 0 Å². The predicted molar refractivity (Wildman–Crippen MR) is 109 cm³/mol. The lowest BCUT2D eigenvalue weighted by Gasteiger charge is -2.36. The van der Waals surface area contributed by atoms with Crippen molar-refractivity contribution in [2.24, 2.45) is 0 Å². The molecule has 0 saturated heterocycles. The van der Waals surface area contributed by atoms with Crippen molar-refractivity contribution in [3.8, 4) is 0 Å². The van der Waals surface area contributed by atoms with E-state index in [4.69, 9.17) is 0 Å². The van der Waals surface area contributed by atoms with Gasteiger partial charge in [-0.25, -0.2) is 0 Å². The summed E-state index contributed by atoms with van der Waals surface area (Å²) in [5.41, 5.74) is 0.594. The largest absolute Gasteiger partial charge is 0.391 e. The van der Waals surface area contributed by atoms with Crippen molar-refractivity contribution in [1.82, 2.24) is 0 Å². The summed E-state index contributed by atoms with van der Waals surface area (Å²) < 4.78 is 0. The van der Waals surface area contributed by atoms with Crippen LogP contribution in [0.5, 0.6) is 0 Å². The normalized spacial score (nSPS) is 12.4. The summed E-state index contributed by atoms with van der Waals surface area (Å²) in [4.78, 5) is 0. The highest BCUT2D eigenvalue weighted by Gasteiger charge is 2.45. The molecule has 0 aliphatic carbocycles. The summed E-state index contributed by atoms with van der Waals surface area (Å²) in [6.45, 7) is 4.09. The second-order valence-electron chi connectivity index (χ2n) is 6.59. The van der Waals surface area contributed by atoms with Gasteiger partial charge in [-0.1, -0.05) is 103 Å². The molecule has 0 aromatic heterocycles. The van der Waals surface area contributed by atoms with Crippen LogP contribution in [0.4, 0.5) is 0 Å². The van der Waals surface area contributed by atoms with Crippen molar-refractivity contribution in [2.45, 2.75) is 19.6 Å². The Bertz CT molecular complexity index is 725. The number of aliphatic hydroxyl groups excluding tert-OH is 1. The highest BCUT2D eigenvalue weighted by molar-refractivity contribution is 7.12. The zero-order valence-electron chi connectivity index (χ0n) is 14.8. The lowest BCUT2D eigenvalue weighted by Crippen LogP contribution is -2.73. The van der Waals surface area contributed by atoms with Gasteiger partial charge in [-0.3, -0.25) is 0 Å². The molecule has 25 heavy (non-hydrogen) atoms. The standard InChI is InChI=1S/C23H24OSi/c1-19(2)18-23(24)25(20-12-6-3-7-13-20,21-14-8-4-9-15-21)22-16-10-5-11-17-22/h3-18,23-24H,1-2H3/t23-/m1/s1. The molecule has 0 amide bonds. The van der Waals surface area contributed by atoms with E-state index in [1.165, 1.54) is 15.6 Å². The monoisotopic (exact) mass is 344 g/mol. The van der Waals surface area contributed by atoms with E-state index in [1.807, 2.05) is 38.1 Å². The second kappa shape index (κ2) is 7.64. The van der Waals surface area contributed by atoms with E-state index < -0.39 is 13.8 Å². The highest BCUT2D eigenvalue weighted by atomic mass is 28.3. The molecular weight excluding hydrogens is 320 g/mol. The number of allylic oxidation sites excluding steroid dienone is 1. The maximum Gasteiger partial charge on any atom is 0.183 e. The van der Waals surface area contributed by atoms with Gasteiger partial charge in [-0.2, -0.15) is 0 Å². The van der Waals surface area contributed by atoms with Crippen molar-refractivity contribution in [3.05, 3.63) is 103 Å². The topological polar surface area (TPSA) is 20.2 Å². The first-order valence-corrected chi connectivity index (χ1v) is 10.7.